The number of carbonyl (C=O) groups is 1. The van der Waals surface area contributed by atoms with Gasteiger partial charge < -0.3 is 28.5 Å². The van der Waals surface area contributed by atoms with E-state index in [2.05, 4.69) is 0 Å². The number of nitrogens with zero attached hydrogens (tertiary/aromatic N) is 2. The quantitative estimate of drug-likeness (QED) is 0.153. The molecular weight excluding hydrogens is 643 g/mol. The van der Waals surface area contributed by atoms with Gasteiger partial charge in [0.2, 0.25) is 0 Å². The summed E-state index contributed by atoms with van der Waals surface area (Å²) < 4.78 is 209. The van der Waals surface area contributed by atoms with Gasteiger partial charge in [0, 0.05) is 6.42 Å². The summed E-state index contributed by atoms with van der Waals surface area (Å²) in [5.74, 6) is -52.8. The molecule has 0 heterocycles. The Balaban J connectivity index is 0. The van der Waals surface area contributed by atoms with Crippen molar-refractivity contribution in [2.75, 3.05) is 34.2 Å². The van der Waals surface area contributed by atoms with Crippen molar-refractivity contribution in [1.82, 2.24) is 5.12 Å². The number of alkyl halides is 15. The van der Waals surface area contributed by atoms with Crippen molar-refractivity contribution in [3.8, 4) is 0 Å². The zero-order valence-electron chi connectivity index (χ0n) is 16.8. The van der Waals surface area contributed by atoms with Crippen LogP contribution in [0, 0.1) is 0 Å². The van der Waals surface area contributed by atoms with E-state index in [9.17, 15) is 75.1 Å². The average molecular weight is 658 g/mol. The van der Waals surface area contributed by atoms with E-state index in [1.165, 1.54) is 21.1 Å². The molecule has 0 saturated heterocycles. The Morgan fingerprint density at radius 2 is 0.971 bits per heavy atom. The molecule has 1 amide bonds. The van der Waals surface area contributed by atoms with E-state index < -0.39 is 65.7 Å². The molecule has 0 rings (SSSR count). The van der Waals surface area contributed by atoms with Crippen LogP contribution >= 0.6 is 0 Å². The summed E-state index contributed by atoms with van der Waals surface area (Å²) in [5, 5.41) is -1.85. The maximum atomic E-state index is 13.6. The highest BCUT2D eigenvalue weighted by Gasteiger charge is 2.94. The summed E-state index contributed by atoms with van der Waals surface area (Å²) in [5.41, 5.74) is 0. The molecule has 3 nitrogen and oxygen atoms in total. The van der Waals surface area contributed by atoms with Crippen molar-refractivity contribution in [3.05, 3.63) is 0 Å². The molecule has 0 aromatic heterocycles. The standard InChI is InChI=1S/C14H15F16N2O.HI/c1-32(2,3)6-4-5-31(30)7(33)8(15,16)9(17,18)10(19,20)11(21,22)12(23,24)13(25,26)14(27,28)29;/h4-6H2,1-3H3;1H/q+1;/p-1. The highest BCUT2D eigenvalue weighted by molar-refractivity contribution is 5.84. The normalized spacial score (nSPS) is 15.1. The van der Waals surface area contributed by atoms with Crippen LogP contribution in [0.25, 0.3) is 0 Å². The molecule has 0 radical (unpaired) electrons. The van der Waals surface area contributed by atoms with Gasteiger partial charge in [0.15, 0.2) is 0 Å². The minimum Gasteiger partial charge on any atom is -1.00 e. The first-order valence-electron chi connectivity index (χ1n) is 8.16. The average Bonchev–Trinajstić information content (AvgIpc) is 2.57. The Morgan fingerprint density at radius 3 is 1.29 bits per heavy atom. The van der Waals surface area contributed by atoms with Gasteiger partial charge in [0.25, 0.3) is 0 Å². The summed E-state index contributed by atoms with van der Waals surface area (Å²) in [4.78, 5) is 11.2. The number of carbonyl (C=O) groups excluding carboxylic acids is 1. The molecule has 0 unspecified atom stereocenters. The van der Waals surface area contributed by atoms with Crippen LogP contribution in [0.5, 0.6) is 0 Å². The lowest BCUT2D eigenvalue weighted by Gasteiger charge is -2.41. The third-order valence-corrected chi connectivity index (χ3v) is 4.00. The third kappa shape index (κ3) is 5.71. The molecule has 0 spiro atoms. The molecule has 20 heteroatoms. The van der Waals surface area contributed by atoms with Crippen LogP contribution in [0.3, 0.4) is 0 Å². The summed E-state index contributed by atoms with van der Waals surface area (Å²) in [6.07, 6.45) is -8.35. The van der Waals surface area contributed by atoms with Crippen molar-refractivity contribution in [3.63, 3.8) is 0 Å². The second-order valence-corrected chi connectivity index (χ2v) is 7.70. The summed E-state index contributed by atoms with van der Waals surface area (Å²) in [7, 11) is 4.27. The minimum atomic E-state index is -8.53. The lowest BCUT2D eigenvalue weighted by atomic mass is 9.91. The van der Waals surface area contributed by atoms with Gasteiger partial charge in [-0.2, -0.15) is 71.0 Å². The highest BCUT2D eigenvalue weighted by atomic mass is 127. The lowest BCUT2D eigenvalue weighted by Crippen LogP contribution is -3.00. The van der Waals surface area contributed by atoms with E-state index >= 15 is 0 Å². The van der Waals surface area contributed by atoms with Crippen LogP contribution < -0.4 is 24.0 Å². The third-order valence-electron chi connectivity index (χ3n) is 4.00. The van der Waals surface area contributed by atoms with Gasteiger partial charge in [0.05, 0.1) is 34.2 Å². The number of hydrogen-bond acceptors (Lipinski definition) is 1. The van der Waals surface area contributed by atoms with Gasteiger partial charge in [-0.3, -0.25) is 4.79 Å². The van der Waals surface area contributed by atoms with Crippen molar-refractivity contribution in [1.29, 1.82) is 0 Å². The molecule has 0 aromatic rings. The number of quaternary nitrogens is 1. The molecule has 206 valence electrons. The van der Waals surface area contributed by atoms with Gasteiger partial charge in [0.1, 0.15) is 0 Å². The number of rotatable bonds is 10. The minimum absolute atomic E-state index is 0. The van der Waals surface area contributed by atoms with Gasteiger partial charge in [-0.05, 0) is 0 Å². The van der Waals surface area contributed by atoms with Crippen LogP contribution in [0.1, 0.15) is 6.42 Å². The SMILES string of the molecule is C[N+](C)(C)CCCN(F)C(=O)C(F)(F)C(F)(F)C(F)(F)C(F)(F)C(F)(F)C(F)(F)C(F)(F)F.[I-]. The number of halogens is 17. The Morgan fingerprint density at radius 1 is 0.647 bits per heavy atom. The predicted molar refractivity (Wildman–Crippen MR) is 76.1 cm³/mol. The first-order valence-corrected chi connectivity index (χ1v) is 8.16. The molecule has 34 heavy (non-hydrogen) atoms. The number of hydrogen-bond donors (Lipinski definition) is 0. The maximum absolute atomic E-state index is 13.6. The first kappa shape index (κ1) is 35.2. The molecule has 0 N–H and O–H groups in total. The molecular formula is C14H15F16IN2O. The van der Waals surface area contributed by atoms with Crippen LogP contribution in [-0.4, -0.2) is 91.5 Å². The molecule has 0 saturated carbocycles. The Hall–Kier alpha value is -0.960. The molecule has 0 aromatic carbocycles. The van der Waals surface area contributed by atoms with Crippen molar-refractivity contribution < 1.29 is 104 Å². The molecule has 0 atom stereocenters. The molecule has 0 bridgehead atoms. The largest absolute Gasteiger partial charge is 1.00 e. The number of amides is 1. The summed E-state index contributed by atoms with van der Waals surface area (Å²) in [6, 6.07) is 0. The maximum Gasteiger partial charge on any atom is 0.460 e. The Kier molecular flexibility index (Phi) is 10.2. The van der Waals surface area contributed by atoms with E-state index in [1.807, 2.05) is 0 Å². The van der Waals surface area contributed by atoms with Crippen molar-refractivity contribution >= 4 is 5.91 Å². The van der Waals surface area contributed by atoms with Crippen LogP contribution in [0.4, 0.5) is 70.3 Å². The fourth-order valence-electron chi connectivity index (χ4n) is 2.04. The highest BCUT2D eigenvalue weighted by Crippen LogP contribution is 2.62. The fourth-order valence-corrected chi connectivity index (χ4v) is 2.04. The topological polar surface area (TPSA) is 20.3 Å². The molecule has 0 fully saturated rings. The van der Waals surface area contributed by atoms with Crippen LogP contribution in [0.15, 0.2) is 0 Å². The summed E-state index contributed by atoms with van der Waals surface area (Å²) in [6.45, 7) is -1.69. The Labute approximate surface area is 197 Å². The van der Waals surface area contributed by atoms with E-state index in [4.69, 9.17) is 0 Å². The second-order valence-electron chi connectivity index (χ2n) is 7.70. The molecule has 0 aliphatic heterocycles. The smallest absolute Gasteiger partial charge is 0.460 e. The van der Waals surface area contributed by atoms with Crippen LogP contribution in [-0.2, 0) is 4.79 Å². The summed E-state index contributed by atoms with van der Waals surface area (Å²) >= 11 is 0. The zero-order chi connectivity index (χ0) is 27.3. The van der Waals surface area contributed by atoms with Gasteiger partial charge in [-0.1, -0.05) is 4.48 Å². The van der Waals surface area contributed by atoms with Crippen molar-refractivity contribution in [2.45, 2.75) is 48.1 Å². The molecule has 0 aliphatic rings. The lowest BCUT2D eigenvalue weighted by molar-refractivity contribution is -0.870. The first-order chi connectivity index (χ1) is 14.0. The van der Waals surface area contributed by atoms with Gasteiger partial charge in [-0.25, -0.2) is 0 Å². The zero-order valence-corrected chi connectivity index (χ0v) is 19.0. The fraction of sp³-hybridized carbons (Fsp3) is 0.929. The van der Waals surface area contributed by atoms with Crippen molar-refractivity contribution in [2.24, 2.45) is 0 Å². The van der Waals surface area contributed by atoms with E-state index in [0.717, 1.165) is 0 Å². The monoisotopic (exact) mass is 658 g/mol. The van der Waals surface area contributed by atoms with E-state index in [1.54, 1.807) is 0 Å². The predicted octanol–water partition coefficient (Wildman–Crippen LogP) is 2.17. The Bertz CT molecular complexity index is 715. The van der Waals surface area contributed by atoms with Gasteiger partial charge >= 0.3 is 47.6 Å². The van der Waals surface area contributed by atoms with Crippen LogP contribution in [0.2, 0.25) is 0 Å². The van der Waals surface area contributed by atoms with Gasteiger partial charge in [-0.15, -0.1) is 0 Å². The second kappa shape index (κ2) is 9.83. The van der Waals surface area contributed by atoms with E-state index in [0.29, 0.717) is 0 Å². The van der Waals surface area contributed by atoms with E-state index in [-0.39, 0.29) is 35.0 Å². The molecule has 0 aliphatic carbocycles.